The molecule has 1 aromatic carbocycles. The van der Waals surface area contributed by atoms with E-state index in [0.717, 1.165) is 0 Å². The summed E-state index contributed by atoms with van der Waals surface area (Å²) in [7, 11) is 0. The number of imide groups is 1. The summed E-state index contributed by atoms with van der Waals surface area (Å²) < 4.78 is 0. The van der Waals surface area contributed by atoms with Crippen molar-refractivity contribution < 1.29 is 19.5 Å². The molecule has 1 fully saturated rings. The lowest BCUT2D eigenvalue weighted by molar-refractivity contribution is -0.122. The number of carbonyl (C=O) groups excluding carboxylic acids is 2. The van der Waals surface area contributed by atoms with Crippen LogP contribution in [-0.4, -0.2) is 22.9 Å². The maximum atomic E-state index is 12.6. The van der Waals surface area contributed by atoms with Gasteiger partial charge in [0, 0.05) is 0 Å². The summed E-state index contributed by atoms with van der Waals surface area (Å²) in [6.45, 7) is 4.02. The molecule has 0 radical (unpaired) electrons. The number of hydrogen-bond donors (Lipinski definition) is 1. The van der Waals surface area contributed by atoms with Crippen LogP contribution >= 0.6 is 0 Å². The predicted molar refractivity (Wildman–Crippen MR) is 80.5 cm³/mol. The highest BCUT2D eigenvalue weighted by Crippen LogP contribution is 2.42. The molecular formula is C17H17NO4. The maximum Gasteiger partial charge on any atom is 0.335 e. The molecule has 3 rings (SSSR count). The van der Waals surface area contributed by atoms with Gasteiger partial charge in [-0.3, -0.25) is 14.5 Å². The Morgan fingerprint density at radius 2 is 1.45 bits per heavy atom. The molecule has 1 aliphatic carbocycles. The smallest absolute Gasteiger partial charge is 0.335 e. The summed E-state index contributed by atoms with van der Waals surface area (Å²) in [5.41, 5.74) is 2.95. The lowest BCUT2D eigenvalue weighted by atomic mass is 9.78. The third-order valence-corrected chi connectivity index (χ3v) is 4.71. The molecule has 1 aromatic rings. The Hall–Kier alpha value is -2.43. The van der Waals surface area contributed by atoms with Gasteiger partial charge in [0.1, 0.15) is 0 Å². The van der Waals surface area contributed by atoms with Gasteiger partial charge >= 0.3 is 5.97 Å². The third-order valence-electron chi connectivity index (χ3n) is 4.71. The van der Waals surface area contributed by atoms with Crippen LogP contribution in [0.25, 0.3) is 0 Å². The molecule has 2 amide bonds. The number of hydrogen-bond acceptors (Lipinski definition) is 3. The van der Waals surface area contributed by atoms with Crippen LogP contribution in [-0.2, 0) is 9.59 Å². The van der Waals surface area contributed by atoms with E-state index in [0.29, 0.717) is 18.5 Å². The number of carboxylic acid groups (broad SMARTS) is 1. The summed E-state index contributed by atoms with van der Waals surface area (Å²) >= 11 is 0. The topological polar surface area (TPSA) is 74.7 Å². The highest BCUT2D eigenvalue weighted by atomic mass is 16.4. The summed E-state index contributed by atoms with van der Waals surface area (Å²) in [6.07, 6.45) is 1.26. The van der Waals surface area contributed by atoms with Crippen LogP contribution in [0.4, 0.5) is 5.69 Å². The third kappa shape index (κ3) is 2.13. The van der Waals surface area contributed by atoms with Crippen molar-refractivity contribution in [1.82, 2.24) is 0 Å². The minimum atomic E-state index is -1.03. The fourth-order valence-corrected chi connectivity index (χ4v) is 3.26. The van der Waals surface area contributed by atoms with Crippen molar-refractivity contribution in [2.75, 3.05) is 4.90 Å². The van der Waals surface area contributed by atoms with E-state index in [1.54, 1.807) is 0 Å². The van der Waals surface area contributed by atoms with Crippen LogP contribution in [0.1, 0.15) is 37.0 Å². The molecule has 2 atom stereocenters. The molecule has 1 N–H and O–H groups in total. The van der Waals surface area contributed by atoms with Gasteiger partial charge in [-0.15, -0.1) is 0 Å². The van der Waals surface area contributed by atoms with Gasteiger partial charge in [0.25, 0.3) is 0 Å². The standard InChI is InChI=1S/C17H17NO4/c1-9-7-13-14(8-10(9)2)16(20)18(15(13)19)12-5-3-11(4-6-12)17(21)22/h3-6,13-14H,7-8H2,1-2H3,(H,21,22). The Balaban J connectivity index is 1.92. The molecule has 0 aromatic heterocycles. The summed E-state index contributed by atoms with van der Waals surface area (Å²) in [5.74, 6) is -1.95. The number of carboxylic acids is 1. The number of rotatable bonds is 2. The van der Waals surface area contributed by atoms with Crippen molar-refractivity contribution in [3.63, 3.8) is 0 Å². The van der Waals surface area contributed by atoms with Gasteiger partial charge in [0.15, 0.2) is 0 Å². The first-order valence-electron chi connectivity index (χ1n) is 7.26. The van der Waals surface area contributed by atoms with E-state index in [-0.39, 0.29) is 29.2 Å². The van der Waals surface area contributed by atoms with E-state index in [9.17, 15) is 14.4 Å². The highest BCUT2D eigenvalue weighted by molar-refractivity contribution is 6.22. The van der Waals surface area contributed by atoms with Crippen LogP contribution < -0.4 is 4.90 Å². The molecule has 5 nitrogen and oxygen atoms in total. The van der Waals surface area contributed by atoms with Gasteiger partial charge in [-0.1, -0.05) is 11.1 Å². The lowest BCUT2D eigenvalue weighted by Gasteiger charge is -2.23. The van der Waals surface area contributed by atoms with Crippen molar-refractivity contribution >= 4 is 23.5 Å². The van der Waals surface area contributed by atoms with Crippen molar-refractivity contribution in [3.8, 4) is 0 Å². The molecular weight excluding hydrogens is 282 g/mol. The molecule has 2 unspecified atom stereocenters. The first-order chi connectivity index (χ1) is 10.4. The second kappa shape index (κ2) is 5.09. The average Bonchev–Trinajstić information content (AvgIpc) is 2.72. The van der Waals surface area contributed by atoms with Crippen LogP contribution in [0.3, 0.4) is 0 Å². The number of allylic oxidation sites excluding steroid dienone is 2. The number of aromatic carboxylic acids is 1. The highest BCUT2D eigenvalue weighted by Gasteiger charge is 2.49. The zero-order valence-corrected chi connectivity index (χ0v) is 12.5. The Labute approximate surface area is 128 Å². The largest absolute Gasteiger partial charge is 0.478 e. The normalized spacial score (nSPS) is 24.7. The van der Waals surface area contributed by atoms with E-state index < -0.39 is 5.97 Å². The molecule has 114 valence electrons. The summed E-state index contributed by atoms with van der Waals surface area (Å²) in [6, 6.07) is 5.86. The van der Waals surface area contributed by atoms with Crippen LogP contribution in [0.15, 0.2) is 35.4 Å². The van der Waals surface area contributed by atoms with E-state index in [1.807, 2.05) is 13.8 Å². The van der Waals surface area contributed by atoms with Gasteiger partial charge in [0.05, 0.1) is 23.1 Å². The molecule has 1 saturated heterocycles. The Morgan fingerprint density at radius 3 is 1.86 bits per heavy atom. The second-order valence-corrected chi connectivity index (χ2v) is 6.05. The van der Waals surface area contributed by atoms with Crippen molar-refractivity contribution in [1.29, 1.82) is 0 Å². The Kier molecular flexibility index (Phi) is 3.35. The first kappa shape index (κ1) is 14.5. The molecule has 0 bridgehead atoms. The van der Waals surface area contributed by atoms with Gasteiger partial charge in [-0.25, -0.2) is 4.79 Å². The summed E-state index contributed by atoms with van der Waals surface area (Å²) in [4.78, 5) is 37.3. The molecule has 2 aliphatic rings. The molecule has 22 heavy (non-hydrogen) atoms. The van der Waals surface area contributed by atoms with Gasteiger partial charge in [-0.05, 0) is 51.0 Å². The summed E-state index contributed by atoms with van der Waals surface area (Å²) in [5, 5.41) is 8.92. The number of fused-ring (bicyclic) bond motifs is 1. The monoisotopic (exact) mass is 299 g/mol. The number of nitrogens with zero attached hydrogens (tertiary/aromatic N) is 1. The lowest BCUT2D eigenvalue weighted by Crippen LogP contribution is -2.30. The zero-order chi connectivity index (χ0) is 16.0. The van der Waals surface area contributed by atoms with Gasteiger partial charge < -0.3 is 5.11 Å². The molecule has 1 heterocycles. The quantitative estimate of drug-likeness (QED) is 0.673. The number of benzene rings is 1. The molecule has 5 heteroatoms. The van der Waals surface area contributed by atoms with Crippen LogP contribution in [0.5, 0.6) is 0 Å². The fraction of sp³-hybridized carbons (Fsp3) is 0.353. The fourth-order valence-electron chi connectivity index (χ4n) is 3.26. The molecule has 0 saturated carbocycles. The van der Waals surface area contributed by atoms with E-state index in [2.05, 4.69) is 0 Å². The Morgan fingerprint density at radius 1 is 1.00 bits per heavy atom. The maximum absolute atomic E-state index is 12.6. The Bertz CT molecular complexity index is 670. The van der Waals surface area contributed by atoms with Crippen LogP contribution in [0.2, 0.25) is 0 Å². The second-order valence-electron chi connectivity index (χ2n) is 6.05. The molecule has 0 spiro atoms. The molecule has 1 aliphatic heterocycles. The number of anilines is 1. The number of carbonyl (C=O) groups is 3. The first-order valence-corrected chi connectivity index (χ1v) is 7.26. The van der Waals surface area contributed by atoms with E-state index >= 15 is 0 Å². The zero-order valence-electron chi connectivity index (χ0n) is 12.5. The average molecular weight is 299 g/mol. The van der Waals surface area contributed by atoms with Crippen molar-refractivity contribution in [2.45, 2.75) is 26.7 Å². The minimum Gasteiger partial charge on any atom is -0.478 e. The van der Waals surface area contributed by atoms with E-state index in [1.165, 1.54) is 40.3 Å². The number of amides is 2. The van der Waals surface area contributed by atoms with E-state index in [4.69, 9.17) is 5.11 Å². The van der Waals surface area contributed by atoms with Crippen LogP contribution in [0, 0.1) is 11.8 Å². The van der Waals surface area contributed by atoms with Gasteiger partial charge in [-0.2, -0.15) is 0 Å². The van der Waals surface area contributed by atoms with Crippen molar-refractivity contribution in [2.24, 2.45) is 11.8 Å². The predicted octanol–water partition coefficient (Wildman–Crippen LogP) is 2.62. The SMILES string of the molecule is CC1=C(C)CC2C(=O)N(c3ccc(C(=O)O)cc3)C(=O)C2C1. The minimum absolute atomic E-state index is 0.133. The van der Waals surface area contributed by atoms with Gasteiger partial charge in [0.2, 0.25) is 11.8 Å². The van der Waals surface area contributed by atoms with Crippen molar-refractivity contribution in [3.05, 3.63) is 41.0 Å².